The fourth-order valence-corrected chi connectivity index (χ4v) is 2.50. The highest BCUT2D eigenvalue weighted by Gasteiger charge is 2.21. The number of ether oxygens (including phenoxy) is 3. The van der Waals surface area contributed by atoms with E-state index in [1.165, 1.54) is 17.5 Å². The second-order valence-electron chi connectivity index (χ2n) is 5.76. The third-order valence-electron chi connectivity index (χ3n) is 4.14. The minimum Gasteiger partial charge on any atom is -0.490 e. The van der Waals surface area contributed by atoms with Gasteiger partial charge in [-0.2, -0.15) is 0 Å². The van der Waals surface area contributed by atoms with Gasteiger partial charge in [0.05, 0.1) is 12.7 Å². The molecule has 2 atom stereocenters. The number of methoxy groups -OCH3 is 1. The van der Waals surface area contributed by atoms with E-state index in [0.29, 0.717) is 12.5 Å². The van der Waals surface area contributed by atoms with Crippen LogP contribution >= 0.6 is 0 Å². The van der Waals surface area contributed by atoms with Gasteiger partial charge >= 0.3 is 0 Å². The molecule has 0 spiro atoms. The van der Waals surface area contributed by atoms with Crippen molar-refractivity contribution in [1.82, 2.24) is 0 Å². The van der Waals surface area contributed by atoms with E-state index in [0.717, 1.165) is 30.9 Å². The number of hydrogen-bond donors (Lipinski definition) is 0. The normalized spacial score (nSPS) is 21.8. The van der Waals surface area contributed by atoms with Crippen LogP contribution in [0.1, 0.15) is 37.8 Å². The van der Waals surface area contributed by atoms with Crippen LogP contribution in [0.2, 0.25) is 0 Å². The number of aryl methyl sites for hydroxylation is 2. The first-order valence-electron chi connectivity index (χ1n) is 7.53. The van der Waals surface area contributed by atoms with Crippen molar-refractivity contribution in [2.24, 2.45) is 5.92 Å². The lowest BCUT2D eigenvalue weighted by Crippen LogP contribution is -2.24. The molecule has 1 aliphatic rings. The third-order valence-corrected chi connectivity index (χ3v) is 4.14. The lowest BCUT2D eigenvalue weighted by atomic mass is 9.93. The number of benzene rings is 1. The molecule has 2 bridgehead atoms. The molecular weight excluding hydrogens is 252 g/mol. The summed E-state index contributed by atoms with van der Waals surface area (Å²) in [7, 11) is 1.71. The summed E-state index contributed by atoms with van der Waals surface area (Å²) in [5.74, 6) is 2.32. The van der Waals surface area contributed by atoms with Crippen molar-refractivity contribution in [3.05, 3.63) is 23.3 Å². The molecule has 0 saturated carbocycles. The van der Waals surface area contributed by atoms with Crippen LogP contribution in [0.4, 0.5) is 0 Å². The standard InChI is InChI=1S/C17H26O3/c1-12-6-7-15-11-17(20-14(12)3)16(10-13(15)2)19-9-5-8-18-4/h10-12,14H,5-9H2,1-4H3. The first kappa shape index (κ1) is 15.2. The Bertz CT molecular complexity index is 442. The molecule has 0 radical (unpaired) electrons. The molecule has 3 heteroatoms. The predicted molar refractivity (Wildman–Crippen MR) is 80.7 cm³/mol. The molecule has 0 N–H and O–H groups in total. The molecule has 0 saturated heterocycles. The van der Waals surface area contributed by atoms with E-state index < -0.39 is 0 Å². The average molecular weight is 278 g/mol. The van der Waals surface area contributed by atoms with Gasteiger partial charge in [-0.05, 0) is 55.9 Å². The molecule has 3 nitrogen and oxygen atoms in total. The number of rotatable bonds is 5. The molecule has 2 rings (SSSR count). The lowest BCUT2D eigenvalue weighted by Gasteiger charge is -2.27. The van der Waals surface area contributed by atoms with Crippen molar-refractivity contribution in [2.45, 2.75) is 46.1 Å². The minimum absolute atomic E-state index is 0.229. The Kier molecular flexibility index (Phi) is 5.30. The first-order chi connectivity index (χ1) is 9.61. The lowest BCUT2D eigenvalue weighted by molar-refractivity contribution is 0.139. The van der Waals surface area contributed by atoms with E-state index in [4.69, 9.17) is 14.2 Å². The highest BCUT2D eigenvalue weighted by Crippen LogP contribution is 2.35. The van der Waals surface area contributed by atoms with Gasteiger partial charge in [-0.25, -0.2) is 0 Å². The molecule has 0 aliphatic carbocycles. The fraction of sp³-hybridized carbons (Fsp3) is 0.647. The Morgan fingerprint density at radius 1 is 1.25 bits per heavy atom. The average Bonchev–Trinajstić information content (AvgIpc) is 2.42. The quantitative estimate of drug-likeness (QED) is 0.768. The molecule has 20 heavy (non-hydrogen) atoms. The zero-order valence-electron chi connectivity index (χ0n) is 13.1. The number of fused-ring (bicyclic) bond motifs is 2. The van der Waals surface area contributed by atoms with Gasteiger partial charge in [0, 0.05) is 20.1 Å². The van der Waals surface area contributed by atoms with Gasteiger partial charge < -0.3 is 14.2 Å². The molecule has 1 aromatic carbocycles. The highest BCUT2D eigenvalue weighted by atomic mass is 16.5. The summed E-state index contributed by atoms with van der Waals surface area (Å²) in [5, 5.41) is 0. The Morgan fingerprint density at radius 2 is 2.05 bits per heavy atom. The van der Waals surface area contributed by atoms with Crippen LogP contribution in [0.15, 0.2) is 12.1 Å². The zero-order chi connectivity index (χ0) is 14.5. The van der Waals surface area contributed by atoms with Crippen LogP contribution in [0.5, 0.6) is 11.5 Å². The van der Waals surface area contributed by atoms with E-state index in [1.807, 2.05) is 0 Å². The van der Waals surface area contributed by atoms with E-state index in [1.54, 1.807) is 7.11 Å². The van der Waals surface area contributed by atoms with E-state index in [2.05, 4.69) is 32.9 Å². The molecule has 1 aliphatic heterocycles. The van der Waals surface area contributed by atoms with Crippen molar-refractivity contribution in [3.63, 3.8) is 0 Å². The monoisotopic (exact) mass is 278 g/mol. The smallest absolute Gasteiger partial charge is 0.161 e. The van der Waals surface area contributed by atoms with E-state index >= 15 is 0 Å². The van der Waals surface area contributed by atoms with Crippen LogP contribution in [0, 0.1) is 12.8 Å². The Morgan fingerprint density at radius 3 is 2.80 bits per heavy atom. The van der Waals surface area contributed by atoms with Crippen LogP contribution in [-0.2, 0) is 11.2 Å². The zero-order valence-corrected chi connectivity index (χ0v) is 13.1. The maximum absolute atomic E-state index is 6.09. The maximum Gasteiger partial charge on any atom is 0.161 e. The molecule has 0 amide bonds. The molecule has 2 unspecified atom stereocenters. The van der Waals surface area contributed by atoms with Gasteiger partial charge in [0.1, 0.15) is 0 Å². The second-order valence-corrected chi connectivity index (χ2v) is 5.76. The molecule has 112 valence electrons. The van der Waals surface area contributed by atoms with Crippen molar-refractivity contribution in [2.75, 3.05) is 20.3 Å². The van der Waals surface area contributed by atoms with Gasteiger partial charge in [0.25, 0.3) is 0 Å². The summed E-state index contributed by atoms with van der Waals surface area (Å²) in [5.41, 5.74) is 2.67. The van der Waals surface area contributed by atoms with Crippen LogP contribution in [-0.4, -0.2) is 26.4 Å². The molecular formula is C17H26O3. The van der Waals surface area contributed by atoms with E-state index in [-0.39, 0.29) is 6.10 Å². The summed E-state index contributed by atoms with van der Waals surface area (Å²) in [6.45, 7) is 7.93. The summed E-state index contributed by atoms with van der Waals surface area (Å²) in [4.78, 5) is 0. The Hall–Kier alpha value is -1.22. The Labute approximate surface area is 122 Å². The molecule has 1 heterocycles. The van der Waals surface area contributed by atoms with Gasteiger partial charge in [-0.15, -0.1) is 0 Å². The summed E-state index contributed by atoms with van der Waals surface area (Å²) in [6.07, 6.45) is 3.42. The van der Waals surface area contributed by atoms with Gasteiger partial charge in [0.2, 0.25) is 0 Å². The minimum atomic E-state index is 0.229. The third kappa shape index (κ3) is 3.66. The summed E-state index contributed by atoms with van der Waals surface area (Å²) >= 11 is 0. The van der Waals surface area contributed by atoms with Crippen molar-refractivity contribution in [3.8, 4) is 11.5 Å². The largest absolute Gasteiger partial charge is 0.490 e. The SMILES string of the molecule is COCCCOc1cc(C)c2cc1OC(C)C(C)CC2. The molecule has 0 fully saturated rings. The fourth-order valence-electron chi connectivity index (χ4n) is 2.50. The second kappa shape index (κ2) is 6.98. The van der Waals surface area contributed by atoms with Gasteiger partial charge in [-0.1, -0.05) is 6.92 Å². The topological polar surface area (TPSA) is 27.7 Å². The van der Waals surface area contributed by atoms with Crippen LogP contribution in [0.25, 0.3) is 0 Å². The van der Waals surface area contributed by atoms with Crippen LogP contribution < -0.4 is 9.47 Å². The van der Waals surface area contributed by atoms with Crippen molar-refractivity contribution < 1.29 is 14.2 Å². The van der Waals surface area contributed by atoms with Gasteiger partial charge in [-0.3, -0.25) is 0 Å². The van der Waals surface area contributed by atoms with Crippen molar-refractivity contribution >= 4 is 0 Å². The molecule has 1 aromatic rings. The predicted octanol–water partition coefficient (Wildman–Crippen LogP) is 3.76. The van der Waals surface area contributed by atoms with Gasteiger partial charge in [0.15, 0.2) is 11.5 Å². The van der Waals surface area contributed by atoms with E-state index in [9.17, 15) is 0 Å². The first-order valence-corrected chi connectivity index (χ1v) is 7.53. The van der Waals surface area contributed by atoms with Crippen molar-refractivity contribution in [1.29, 1.82) is 0 Å². The molecule has 0 aromatic heterocycles. The van der Waals surface area contributed by atoms with Crippen LogP contribution in [0.3, 0.4) is 0 Å². The maximum atomic E-state index is 6.09. The number of hydrogen-bond acceptors (Lipinski definition) is 3. The summed E-state index contributed by atoms with van der Waals surface area (Å²) < 4.78 is 17.0. The Balaban J connectivity index is 2.15. The highest BCUT2D eigenvalue weighted by molar-refractivity contribution is 5.47. The summed E-state index contributed by atoms with van der Waals surface area (Å²) in [6, 6.07) is 4.27.